The van der Waals surface area contributed by atoms with E-state index in [2.05, 4.69) is 0 Å². The number of benzene rings is 2. The molecule has 2 aromatic carbocycles. The summed E-state index contributed by atoms with van der Waals surface area (Å²) >= 11 is 0. The summed E-state index contributed by atoms with van der Waals surface area (Å²) in [5.41, 5.74) is 11.5. The first-order chi connectivity index (χ1) is 8.52. The normalized spacial score (nSPS) is 9.11. The molecule has 0 saturated carbocycles. The molecule has 0 aromatic heterocycles. The third-order valence-electron chi connectivity index (χ3n) is 2.13. The van der Waals surface area contributed by atoms with Gasteiger partial charge in [0, 0.05) is 5.69 Å². The van der Waals surface area contributed by atoms with E-state index >= 15 is 0 Å². The second kappa shape index (κ2) is 6.15. The topological polar surface area (TPSA) is 110 Å². The number of phenols is 1. The van der Waals surface area contributed by atoms with E-state index in [1.165, 1.54) is 6.07 Å². The Hall–Kier alpha value is -2.69. The van der Waals surface area contributed by atoms with Crippen LogP contribution in [0.5, 0.6) is 5.75 Å². The molecular formula is C13H14N2O3. The highest BCUT2D eigenvalue weighted by Gasteiger charge is 2.03. The number of aromatic hydroxyl groups is 1. The fraction of sp³-hybridized carbons (Fsp3) is 0. The first-order valence-electron chi connectivity index (χ1n) is 5.13. The van der Waals surface area contributed by atoms with Gasteiger partial charge in [-0.25, -0.2) is 4.79 Å². The maximum atomic E-state index is 10.3. The zero-order valence-corrected chi connectivity index (χ0v) is 9.58. The number of carboxylic acids is 1. The molecule has 5 nitrogen and oxygen atoms in total. The number of rotatable bonds is 1. The fourth-order valence-corrected chi connectivity index (χ4v) is 1.18. The van der Waals surface area contributed by atoms with Gasteiger partial charge in [-0.1, -0.05) is 24.3 Å². The molecule has 0 heterocycles. The van der Waals surface area contributed by atoms with E-state index in [1.54, 1.807) is 42.5 Å². The quantitative estimate of drug-likeness (QED) is 0.454. The number of hydrogen-bond acceptors (Lipinski definition) is 4. The van der Waals surface area contributed by atoms with Crippen molar-refractivity contribution in [1.29, 1.82) is 0 Å². The minimum absolute atomic E-state index is 0.146. The largest absolute Gasteiger partial charge is 0.506 e. The molecule has 0 unspecified atom stereocenters. The maximum absolute atomic E-state index is 10.3. The molecule has 94 valence electrons. The predicted octanol–water partition coefficient (Wildman–Crippen LogP) is 1.94. The highest BCUT2D eigenvalue weighted by Crippen LogP contribution is 2.16. The van der Waals surface area contributed by atoms with Crippen molar-refractivity contribution in [2.24, 2.45) is 0 Å². The Morgan fingerprint density at radius 2 is 1.39 bits per heavy atom. The molecule has 0 bridgehead atoms. The van der Waals surface area contributed by atoms with Gasteiger partial charge in [-0.15, -0.1) is 0 Å². The summed E-state index contributed by atoms with van der Waals surface area (Å²) < 4.78 is 0. The second-order valence-corrected chi connectivity index (χ2v) is 3.45. The van der Waals surface area contributed by atoms with Gasteiger partial charge in [-0.05, 0) is 24.3 Å². The molecule has 5 heteroatoms. The molecule has 0 saturated heterocycles. The van der Waals surface area contributed by atoms with Crippen molar-refractivity contribution in [3.8, 4) is 5.75 Å². The summed E-state index contributed by atoms with van der Waals surface area (Å²) in [7, 11) is 0. The Kier molecular flexibility index (Phi) is 4.57. The van der Waals surface area contributed by atoms with E-state index in [-0.39, 0.29) is 11.3 Å². The number of phenolic OH excluding ortho intramolecular Hbond substituents is 1. The fourth-order valence-electron chi connectivity index (χ4n) is 1.18. The van der Waals surface area contributed by atoms with Crippen LogP contribution in [0, 0.1) is 0 Å². The summed E-state index contributed by atoms with van der Waals surface area (Å²) in [6, 6.07) is 13.1. The third-order valence-corrected chi connectivity index (χ3v) is 2.13. The van der Waals surface area contributed by atoms with Crippen LogP contribution < -0.4 is 11.5 Å². The number of nitrogen functional groups attached to an aromatic ring is 2. The highest BCUT2D eigenvalue weighted by molar-refractivity contribution is 5.93. The Labute approximate surface area is 104 Å². The molecule has 6 N–H and O–H groups in total. The van der Waals surface area contributed by atoms with E-state index < -0.39 is 5.97 Å². The molecule has 2 aromatic rings. The first kappa shape index (κ1) is 13.4. The van der Waals surface area contributed by atoms with Crippen molar-refractivity contribution in [3.63, 3.8) is 0 Å². The molecule has 0 atom stereocenters. The van der Waals surface area contributed by atoms with Crippen LogP contribution in [0.25, 0.3) is 0 Å². The first-order valence-corrected chi connectivity index (χ1v) is 5.13. The number of nitrogens with two attached hydrogens (primary N) is 2. The van der Waals surface area contributed by atoms with Crippen molar-refractivity contribution in [3.05, 3.63) is 54.1 Å². The number of aromatic carboxylic acids is 1. The average molecular weight is 246 g/mol. The molecule has 0 amide bonds. The van der Waals surface area contributed by atoms with Crippen LogP contribution in [0.3, 0.4) is 0 Å². The Morgan fingerprint density at radius 3 is 1.72 bits per heavy atom. The van der Waals surface area contributed by atoms with Crippen molar-refractivity contribution in [2.45, 2.75) is 0 Å². The monoisotopic (exact) mass is 246 g/mol. The summed E-state index contributed by atoms with van der Waals surface area (Å²) in [5, 5.41) is 17.3. The van der Waals surface area contributed by atoms with Gasteiger partial charge in [0.25, 0.3) is 0 Å². The van der Waals surface area contributed by atoms with Gasteiger partial charge in [0.2, 0.25) is 0 Å². The highest BCUT2D eigenvalue weighted by atomic mass is 16.4. The van der Waals surface area contributed by atoms with Gasteiger partial charge < -0.3 is 21.7 Å². The predicted molar refractivity (Wildman–Crippen MR) is 70.3 cm³/mol. The molecule has 18 heavy (non-hydrogen) atoms. The van der Waals surface area contributed by atoms with E-state index in [1.807, 2.05) is 0 Å². The average Bonchev–Trinajstić information content (AvgIpc) is 2.34. The Bertz CT molecular complexity index is 520. The van der Waals surface area contributed by atoms with Gasteiger partial charge in [0.15, 0.2) is 0 Å². The molecule has 0 radical (unpaired) electrons. The lowest BCUT2D eigenvalue weighted by molar-refractivity contribution is 0.0698. The lowest BCUT2D eigenvalue weighted by Crippen LogP contribution is -2.00. The molecule has 2 rings (SSSR count). The SMILES string of the molecule is Nc1ccccc1C(=O)O.Nc1ccccc1O. The smallest absolute Gasteiger partial charge is 0.337 e. The zero-order chi connectivity index (χ0) is 13.5. The Morgan fingerprint density at radius 1 is 0.889 bits per heavy atom. The van der Waals surface area contributed by atoms with Crippen LogP contribution in [-0.2, 0) is 0 Å². The van der Waals surface area contributed by atoms with Crippen LogP contribution in [0.2, 0.25) is 0 Å². The minimum Gasteiger partial charge on any atom is -0.506 e. The third kappa shape index (κ3) is 3.71. The van der Waals surface area contributed by atoms with Crippen LogP contribution in [0.15, 0.2) is 48.5 Å². The Balaban J connectivity index is 0.000000184. The second-order valence-electron chi connectivity index (χ2n) is 3.45. The molecule has 0 fully saturated rings. The number of para-hydroxylation sites is 3. The summed E-state index contributed by atoms with van der Waals surface area (Å²) in [6.45, 7) is 0. The van der Waals surface area contributed by atoms with Crippen LogP contribution in [0.1, 0.15) is 10.4 Å². The van der Waals surface area contributed by atoms with Gasteiger partial charge in [-0.3, -0.25) is 0 Å². The number of anilines is 2. The minimum atomic E-state index is -0.988. The summed E-state index contributed by atoms with van der Waals surface area (Å²) in [4.78, 5) is 10.3. The van der Waals surface area contributed by atoms with E-state index in [4.69, 9.17) is 21.7 Å². The van der Waals surface area contributed by atoms with Crippen LogP contribution >= 0.6 is 0 Å². The molecular weight excluding hydrogens is 232 g/mol. The van der Waals surface area contributed by atoms with Gasteiger partial charge >= 0.3 is 5.97 Å². The number of hydrogen-bond donors (Lipinski definition) is 4. The number of carbonyl (C=O) groups is 1. The maximum Gasteiger partial charge on any atom is 0.337 e. The van der Waals surface area contributed by atoms with Gasteiger partial charge in [-0.2, -0.15) is 0 Å². The van der Waals surface area contributed by atoms with Crippen molar-refractivity contribution in [1.82, 2.24) is 0 Å². The van der Waals surface area contributed by atoms with E-state index in [0.717, 1.165) is 0 Å². The molecule has 0 aliphatic rings. The molecule has 0 spiro atoms. The lowest BCUT2D eigenvalue weighted by atomic mass is 10.2. The van der Waals surface area contributed by atoms with Crippen molar-refractivity contribution in [2.75, 3.05) is 11.5 Å². The van der Waals surface area contributed by atoms with E-state index in [0.29, 0.717) is 11.4 Å². The molecule has 0 aliphatic carbocycles. The van der Waals surface area contributed by atoms with Gasteiger partial charge in [0.05, 0.1) is 11.3 Å². The van der Waals surface area contributed by atoms with Crippen LogP contribution in [-0.4, -0.2) is 16.2 Å². The van der Waals surface area contributed by atoms with Crippen molar-refractivity contribution < 1.29 is 15.0 Å². The number of carboxylic acid groups (broad SMARTS) is 1. The summed E-state index contributed by atoms with van der Waals surface area (Å²) in [6.07, 6.45) is 0. The molecule has 0 aliphatic heterocycles. The lowest BCUT2D eigenvalue weighted by Gasteiger charge is -1.96. The van der Waals surface area contributed by atoms with Gasteiger partial charge in [0.1, 0.15) is 5.75 Å². The van der Waals surface area contributed by atoms with Crippen molar-refractivity contribution >= 4 is 17.3 Å². The summed E-state index contributed by atoms with van der Waals surface area (Å²) in [5.74, 6) is -0.842. The standard InChI is InChI=1S/C7H7NO2.C6H7NO/c8-6-4-2-1-3-5(6)7(9)10;7-5-3-1-2-4-6(5)8/h1-4H,8H2,(H,9,10);1-4,8H,7H2. The van der Waals surface area contributed by atoms with Crippen LogP contribution in [0.4, 0.5) is 11.4 Å². The zero-order valence-electron chi connectivity index (χ0n) is 9.58. The van der Waals surface area contributed by atoms with E-state index in [9.17, 15) is 4.79 Å².